The van der Waals surface area contributed by atoms with Gasteiger partial charge in [-0.05, 0) is 13.8 Å². The van der Waals surface area contributed by atoms with Gasteiger partial charge < -0.3 is 0 Å². The number of ketones is 2. The second kappa shape index (κ2) is 2.16. The maximum Gasteiger partial charge on any atom is 0.167 e. The van der Waals surface area contributed by atoms with Crippen LogP contribution in [-0.2, 0) is 9.59 Å². The largest absolute Gasteiger partial charge is 0.294 e. The second-order valence-corrected chi connectivity index (χ2v) is 3.51. The van der Waals surface area contributed by atoms with Crippen molar-refractivity contribution in [1.29, 1.82) is 0 Å². The van der Waals surface area contributed by atoms with Gasteiger partial charge in [0.05, 0.1) is 0 Å². The van der Waals surface area contributed by atoms with E-state index in [0.29, 0.717) is 12.8 Å². The van der Waals surface area contributed by atoms with Crippen LogP contribution < -0.4 is 0 Å². The van der Waals surface area contributed by atoms with Gasteiger partial charge in [0.1, 0.15) is 0 Å². The van der Waals surface area contributed by atoms with E-state index in [0.717, 1.165) is 22.3 Å². The Balaban J connectivity index is 2.64. The molecule has 2 aliphatic carbocycles. The van der Waals surface area contributed by atoms with Crippen LogP contribution in [0.5, 0.6) is 0 Å². The summed E-state index contributed by atoms with van der Waals surface area (Å²) in [5, 5.41) is 0. The smallest absolute Gasteiger partial charge is 0.167 e. The summed E-state index contributed by atoms with van der Waals surface area (Å²) in [6.07, 6.45) is 0.904. The fourth-order valence-corrected chi connectivity index (χ4v) is 2.02. The number of rotatable bonds is 0. The number of fused-ring (bicyclic) bond motifs is 1. The number of hydrogen-bond acceptors (Lipinski definition) is 2. The molecule has 0 saturated heterocycles. The van der Waals surface area contributed by atoms with E-state index in [1.165, 1.54) is 0 Å². The Bertz CT molecular complexity index is 320. The lowest BCUT2D eigenvalue weighted by Crippen LogP contribution is -1.96. The Kier molecular flexibility index (Phi) is 1.34. The fourth-order valence-electron chi connectivity index (χ4n) is 2.02. The summed E-state index contributed by atoms with van der Waals surface area (Å²) in [4.78, 5) is 22.7. The highest BCUT2D eigenvalue weighted by molar-refractivity contribution is 6.21. The van der Waals surface area contributed by atoms with Gasteiger partial charge in [0.15, 0.2) is 11.6 Å². The summed E-state index contributed by atoms with van der Waals surface area (Å²) in [6.45, 7) is 3.74. The highest BCUT2D eigenvalue weighted by atomic mass is 16.1. The molecule has 0 aromatic rings. The van der Waals surface area contributed by atoms with Crippen LogP contribution in [0.25, 0.3) is 0 Å². The molecule has 0 aliphatic heterocycles. The minimum Gasteiger partial charge on any atom is -0.294 e. The predicted octanol–water partition coefficient (Wildman–Crippen LogP) is 1.56. The van der Waals surface area contributed by atoms with Gasteiger partial charge >= 0.3 is 0 Å². The van der Waals surface area contributed by atoms with Crippen molar-refractivity contribution in [3.8, 4) is 0 Å². The highest BCUT2D eigenvalue weighted by Gasteiger charge is 2.35. The molecule has 62 valence electrons. The maximum absolute atomic E-state index is 11.4. The van der Waals surface area contributed by atoms with Crippen LogP contribution in [0.1, 0.15) is 26.7 Å². The van der Waals surface area contributed by atoms with Crippen LogP contribution in [0.3, 0.4) is 0 Å². The van der Waals surface area contributed by atoms with Gasteiger partial charge in [-0.1, -0.05) is 11.1 Å². The average molecular weight is 162 g/mol. The van der Waals surface area contributed by atoms with Crippen molar-refractivity contribution >= 4 is 11.6 Å². The van der Waals surface area contributed by atoms with Crippen LogP contribution >= 0.6 is 0 Å². The third-order valence-electron chi connectivity index (χ3n) is 2.51. The zero-order valence-electron chi connectivity index (χ0n) is 7.23. The van der Waals surface area contributed by atoms with Crippen LogP contribution in [-0.4, -0.2) is 11.6 Å². The summed E-state index contributed by atoms with van der Waals surface area (Å²) < 4.78 is 0. The van der Waals surface area contributed by atoms with Crippen molar-refractivity contribution in [3.63, 3.8) is 0 Å². The van der Waals surface area contributed by atoms with Crippen LogP contribution in [0, 0.1) is 0 Å². The van der Waals surface area contributed by atoms with E-state index in [2.05, 4.69) is 0 Å². The van der Waals surface area contributed by atoms with Crippen molar-refractivity contribution in [3.05, 3.63) is 22.3 Å². The summed E-state index contributed by atoms with van der Waals surface area (Å²) in [6, 6.07) is 0. The molecular formula is C10H10O2. The van der Waals surface area contributed by atoms with E-state index in [9.17, 15) is 9.59 Å². The van der Waals surface area contributed by atoms with Gasteiger partial charge in [-0.25, -0.2) is 0 Å². The van der Waals surface area contributed by atoms with Crippen molar-refractivity contribution in [2.24, 2.45) is 0 Å². The zero-order chi connectivity index (χ0) is 8.88. The van der Waals surface area contributed by atoms with E-state index in [1.807, 2.05) is 13.8 Å². The molecule has 12 heavy (non-hydrogen) atoms. The van der Waals surface area contributed by atoms with Crippen LogP contribution in [0.15, 0.2) is 22.3 Å². The normalized spacial score (nSPS) is 22.8. The van der Waals surface area contributed by atoms with Crippen molar-refractivity contribution in [2.75, 3.05) is 0 Å². The molecule has 0 bridgehead atoms. The van der Waals surface area contributed by atoms with Crippen LogP contribution in [0.2, 0.25) is 0 Å². The molecule has 0 saturated carbocycles. The minimum atomic E-state index is 0.130. The first-order valence-corrected chi connectivity index (χ1v) is 4.07. The van der Waals surface area contributed by atoms with E-state index in [-0.39, 0.29) is 11.6 Å². The number of carbonyl (C=O) groups excluding carboxylic acids is 2. The Morgan fingerprint density at radius 1 is 0.833 bits per heavy atom. The standard InChI is InChI=1S/C10H10O2/c1-5-3-7(11)10-6(2)4-8(12)9(5)10/h3-4H2,1-2H3. The Hall–Kier alpha value is -1.18. The molecule has 0 aromatic carbocycles. The molecule has 0 radical (unpaired) electrons. The predicted molar refractivity (Wildman–Crippen MR) is 44.6 cm³/mol. The SMILES string of the molecule is CC1=C2C(=O)CC(C)=C2C(=O)C1. The lowest BCUT2D eigenvalue weighted by molar-refractivity contribution is -0.115. The summed E-state index contributed by atoms with van der Waals surface area (Å²) >= 11 is 0. The molecule has 2 aliphatic rings. The molecular weight excluding hydrogens is 152 g/mol. The fraction of sp³-hybridized carbons (Fsp3) is 0.400. The molecule has 0 heterocycles. The third-order valence-corrected chi connectivity index (χ3v) is 2.51. The quantitative estimate of drug-likeness (QED) is 0.541. The zero-order valence-corrected chi connectivity index (χ0v) is 7.23. The first-order valence-electron chi connectivity index (χ1n) is 4.07. The molecule has 0 unspecified atom stereocenters. The Morgan fingerprint density at radius 3 is 1.50 bits per heavy atom. The monoisotopic (exact) mass is 162 g/mol. The third kappa shape index (κ3) is 0.750. The first kappa shape index (κ1) is 7.47. The summed E-state index contributed by atoms with van der Waals surface area (Å²) in [5.41, 5.74) is 3.35. The van der Waals surface area contributed by atoms with Gasteiger partial charge in [0.2, 0.25) is 0 Å². The highest BCUT2D eigenvalue weighted by Crippen LogP contribution is 2.38. The molecule has 0 atom stereocenters. The van der Waals surface area contributed by atoms with Gasteiger partial charge in [0.25, 0.3) is 0 Å². The van der Waals surface area contributed by atoms with Crippen molar-refractivity contribution in [1.82, 2.24) is 0 Å². The molecule has 0 N–H and O–H groups in total. The second-order valence-electron chi connectivity index (χ2n) is 3.51. The minimum absolute atomic E-state index is 0.130. The molecule has 2 nitrogen and oxygen atoms in total. The molecule has 0 fully saturated rings. The molecule has 2 rings (SSSR count). The number of carbonyl (C=O) groups is 2. The molecule has 0 aromatic heterocycles. The number of hydrogen-bond donors (Lipinski definition) is 0. The van der Waals surface area contributed by atoms with Gasteiger partial charge in [0, 0.05) is 24.0 Å². The van der Waals surface area contributed by atoms with Gasteiger partial charge in [-0.3, -0.25) is 9.59 Å². The first-order chi connectivity index (χ1) is 5.61. The number of Topliss-reactive ketones (excluding diaryl/α,β-unsaturated/α-hetero) is 2. The summed E-state index contributed by atoms with van der Waals surface area (Å²) in [5.74, 6) is 0.261. The Labute approximate surface area is 71.0 Å². The van der Waals surface area contributed by atoms with E-state index >= 15 is 0 Å². The van der Waals surface area contributed by atoms with Crippen molar-refractivity contribution in [2.45, 2.75) is 26.7 Å². The molecule has 0 spiro atoms. The molecule has 2 heteroatoms. The average Bonchev–Trinajstić information content (AvgIpc) is 2.38. The summed E-state index contributed by atoms with van der Waals surface area (Å²) in [7, 11) is 0. The van der Waals surface area contributed by atoms with Crippen LogP contribution in [0.4, 0.5) is 0 Å². The van der Waals surface area contributed by atoms with E-state index in [4.69, 9.17) is 0 Å². The lowest BCUT2D eigenvalue weighted by atomic mass is 10.1. The topological polar surface area (TPSA) is 34.1 Å². The molecule has 0 amide bonds. The van der Waals surface area contributed by atoms with E-state index in [1.54, 1.807) is 0 Å². The maximum atomic E-state index is 11.4. The van der Waals surface area contributed by atoms with Crippen molar-refractivity contribution < 1.29 is 9.59 Å². The number of allylic oxidation sites excluding steroid dienone is 4. The van der Waals surface area contributed by atoms with E-state index < -0.39 is 0 Å². The lowest BCUT2D eigenvalue weighted by Gasteiger charge is -1.91. The van der Waals surface area contributed by atoms with Gasteiger partial charge in [-0.2, -0.15) is 0 Å². The van der Waals surface area contributed by atoms with Gasteiger partial charge in [-0.15, -0.1) is 0 Å². The Morgan fingerprint density at radius 2 is 1.17 bits per heavy atom.